The molecule has 130 valence electrons. The first-order chi connectivity index (χ1) is 11.9. The van der Waals surface area contributed by atoms with Crippen LogP contribution >= 0.6 is 0 Å². The zero-order valence-corrected chi connectivity index (χ0v) is 13.6. The second-order valence-corrected chi connectivity index (χ2v) is 6.30. The summed E-state index contributed by atoms with van der Waals surface area (Å²) in [6.45, 7) is 1.53. The van der Waals surface area contributed by atoms with Gasteiger partial charge < -0.3 is 10.2 Å². The van der Waals surface area contributed by atoms with Gasteiger partial charge in [0.25, 0.3) is 0 Å². The number of aliphatic carboxylic acids is 2. The first-order valence-electron chi connectivity index (χ1n) is 7.95. The molecule has 0 amide bonds. The molecule has 1 aliphatic heterocycles. The molecule has 2 atom stereocenters. The molecule has 1 aromatic rings. The van der Waals surface area contributed by atoms with Crippen molar-refractivity contribution in [3.8, 4) is 12.1 Å². The van der Waals surface area contributed by atoms with Crippen molar-refractivity contribution in [2.75, 3.05) is 13.1 Å². The highest BCUT2D eigenvalue weighted by Gasteiger charge is 2.54. The molecule has 2 rings (SSSR count). The van der Waals surface area contributed by atoms with Crippen LogP contribution < -0.4 is 0 Å². The maximum atomic E-state index is 11.5. The number of carbonyl (C=O) groups is 2. The number of hydrogen-bond acceptors (Lipinski definition) is 5. The SMILES string of the molecule is N#CC(C(=O)O)C1(C(C#N)C(=O)O)CCN(Cc2ccccc2)CC1. The lowest BCUT2D eigenvalue weighted by molar-refractivity contribution is -0.153. The smallest absolute Gasteiger partial charge is 0.321 e. The highest BCUT2D eigenvalue weighted by atomic mass is 16.4. The molecule has 2 N–H and O–H groups in total. The average molecular weight is 341 g/mol. The zero-order valence-electron chi connectivity index (χ0n) is 13.6. The second kappa shape index (κ2) is 7.78. The number of benzene rings is 1. The van der Waals surface area contributed by atoms with Crippen LogP contribution in [0.4, 0.5) is 0 Å². The summed E-state index contributed by atoms with van der Waals surface area (Å²) in [5, 5.41) is 37.3. The summed E-state index contributed by atoms with van der Waals surface area (Å²) < 4.78 is 0. The third-order valence-electron chi connectivity index (χ3n) is 4.94. The maximum absolute atomic E-state index is 11.5. The Labute approximate surface area is 145 Å². The lowest BCUT2D eigenvalue weighted by atomic mass is 9.61. The normalized spacial score (nSPS) is 19.1. The number of piperidine rings is 1. The van der Waals surface area contributed by atoms with Crippen molar-refractivity contribution in [1.29, 1.82) is 10.5 Å². The molecule has 1 aliphatic rings. The Morgan fingerprint density at radius 3 is 1.92 bits per heavy atom. The zero-order chi connectivity index (χ0) is 18.4. The van der Waals surface area contributed by atoms with Gasteiger partial charge in [-0.2, -0.15) is 10.5 Å². The minimum absolute atomic E-state index is 0.175. The molecular weight excluding hydrogens is 322 g/mol. The van der Waals surface area contributed by atoms with Gasteiger partial charge in [0.1, 0.15) is 0 Å². The van der Waals surface area contributed by atoms with Gasteiger partial charge in [-0.3, -0.25) is 14.5 Å². The maximum Gasteiger partial charge on any atom is 0.321 e. The molecule has 1 fully saturated rings. The van der Waals surface area contributed by atoms with E-state index in [0.717, 1.165) is 5.56 Å². The van der Waals surface area contributed by atoms with Gasteiger partial charge in [0.2, 0.25) is 0 Å². The van der Waals surface area contributed by atoms with Crippen LogP contribution in [0.3, 0.4) is 0 Å². The molecule has 0 spiro atoms. The average Bonchev–Trinajstić information content (AvgIpc) is 2.58. The summed E-state index contributed by atoms with van der Waals surface area (Å²) in [5.74, 6) is -5.79. The minimum Gasteiger partial charge on any atom is -0.480 e. The molecule has 25 heavy (non-hydrogen) atoms. The molecule has 1 heterocycles. The fraction of sp³-hybridized carbons (Fsp3) is 0.444. The van der Waals surface area contributed by atoms with Crippen LogP contribution in [0.1, 0.15) is 18.4 Å². The van der Waals surface area contributed by atoms with Crippen molar-refractivity contribution in [3.63, 3.8) is 0 Å². The lowest BCUT2D eigenvalue weighted by Gasteiger charge is -2.44. The van der Waals surface area contributed by atoms with Gasteiger partial charge in [-0.25, -0.2) is 0 Å². The van der Waals surface area contributed by atoms with Crippen LogP contribution in [0.2, 0.25) is 0 Å². The highest BCUT2D eigenvalue weighted by molar-refractivity contribution is 5.79. The van der Waals surface area contributed by atoms with E-state index < -0.39 is 29.2 Å². The first-order valence-corrected chi connectivity index (χ1v) is 7.95. The topological polar surface area (TPSA) is 125 Å². The number of nitrogens with zero attached hydrogens (tertiary/aromatic N) is 3. The third kappa shape index (κ3) is 3.78. The van der Waals surface area contributed by atoms with E-state index in [-0.39, 0.29) is 12.8 Å². The second-order valence-electron chi connectivity index (χ2n) is 6.30. The van der Waals surface area contributed by atoms with E-state index in [1.54, 1.807) is 12.1 Å². The van der Waals surface area contributed by atoms with Crippen LogP contribution in [0.5, 0.6) is 0 Å². The Bertz CT molecular complexity index is 678. The molecule has 0 radical (unpaired) electrons. The standard InChI is InChI=1S/C18H19N3O4/c19-10-14(16(22)23)18(15(11-20)17(24)25)6-8-21(9-7-18)12-13-4-2-1-3-5-13/h1-5,14-15H,6-9,12H2,(H,22,23)(H,24,25). The Balaban J connectivity index is 2.23. The van der Waals surface area contributed by atoms with Crippen LogP contribution in [0.15, 0.2) is 30.3 Å². The van der Waals surface area contributed by atoms with Crippen molar-refractivity contribution < 1.29 is 19.8 Å². The Morgan fingerprint density at radius 2 is 1.52 bits per heavy atom. The monoisotopic (exact) mass is 341 g/mol. The summed E-state index contributed by atoms with van der Waals surface area (Å²) in [6, 6.07) is 13.2. The quantitative estimate of drug-likeness (QED) is 0.806. The molecule has 0 aliphatic carbocycles. The van der Waals surface area contributed by atoms with Gasteiger partial charge in [-0.05, 0) is 31.5 Å². The van der Waals surface area contributed by atoms with E-state index in [1.165, 1.54) is 0 Å². The summed E-state index contributed by atoms with van der Waals surface area (Å²) in [7, 11) is 0. The fourth-order valence-corrected chi connectivity index (χ4v) is 3.57. The predicted octanol–water partition coefficient (Wildman–Crippen LogP) is 1.72. The van der Waals surface area contributed by atoms with Crippen molar-refractivity contribution in [1.82, 2.24) is 4.90 Å². The van der Waals surface area contributed by atoms with Gasteiger partial charge in [-0.15, -0.1) is 0 Å². The molecule has 0 aromatic heterocycles. The van der Waals surface area contributed by atoms with E-state index in [0.29, 0.717) is 19.6 Å². The predicted molar refractivity (Wildman–Crippen MR) is 86.9 cm³/mol. The molecule has 7 nitrogen and oxygen atoms in total. The fourth-order valence-electron chi connectivity index (χ4n) is 3.57. The Hall–Kier alpha value is -2.90. The van der Waals surface area contributed by atoms with Crippen molar-refractivity contribution in [3.05, 3.63) is 35.9 Å². The summed E-state index contributed by atoms with van der Waals surface area (Å²) >= 11 is 0. The highest BCUT2D eigenvalue weighted by Crippen LogP contribution is 2.46. The molecule has 7 heteroatoms. The minimum atomic E-state index is -1.52. The van der Waals surface area contributed by atoms with Gasteiger partial charge in [0.15, 0.2) is 11.8 Å². The van der Waals surface area contributed by atoms with E-state index in [2.05, 4.69) is 4.90 Å². The summed E-state index contributed by atoms with van der Waals surface area (Å²) in [6.07, 6.45) is 0.351. The van der Waals surface area contributed by atoms with Gasteiger partial charge >= 0.3 is 11.9 Å². The number of nitriles is 2. The van der Waals surface area contributed by atoms with Crippen molar-refractivity contribution in [2.24, 2.45) is 17.3 Å². The molecule has 2 unspecified atom stereocenters. The van der Waals surface area contributed by atoms with Gasteiger partial charge in [0, 0.05) is 12.0 Å². The molecular formula is C18H19N3O4. The summed E-state index contributed by atoms with van der Waals surface area (Å²) in [5.41, 5.74) is -0.283. The molecule has 1 aromatic carbocycles. The first kappa shape index (κ1) is 18.4. The van der Waals surface area contributed by atoms with Crippen LogP contribution in [-0.2, 0) is 16.1 Å². The van der Waals surface area contributed by atoms with Crippen molar-refractivity contribution >= 4 is 11.9 Å². The van der Waals surface area contributed by atoms with Crippen molar-refractivity contribution in [2.45, 2.75) is 19.4 Å². The van der Waals surface area contributed by atoms with E-state index in [9.17, 15) is 30.3 Å². The van der Waals surface area contributed by atoms with Gasteiger partial charge in [-0.1, -0.05) is 30.3 Å². The lowest BCUT2D eigenvalue weighted by Crippen LogP contribution is -2.51. The van der Waals surface area contributed by atoms with Crippen LogP contribution in [0.25, 0.3) is 0 Å². The van der Waals surface area contributed by atoms with Gasteiger partial charge in [0.05, 0.1) is 12.1 Å². The number of rotatable bonds is 6. The summed E-state index contributed by atoms with van der Waals surface area (Å²) in [4.78, 5) is 25.1. The Morgan fingerprint density at radius 1 is 1.04 bits per heavy atom. The largest absolute Gasteiger partial charge is 0.480 e. The third-order valence-corrected chi connectivity index (χ3v) is 4.94. The Kier molecular flexibility index (Phi) is 5.74. The number of hydrogen-bond donors (Lipinski definition) is 2. The van der Waals surface area contributed by atoms with Crippen LogP contribution in [0, 0.1) is 39.9 Å². The van der Waals surface area contributed by atoms with Crippen LogP contribution in [-0.4, -0.2) is 40.1 Å². The van der Waals surface area contributed by atoms with E-state index in [4.69, 9.17) is 0 Å². The molecule has 1 saturated heterocycles. The van der Waals surface area contributed by atoms with E-state index in [1.807, 2.05) is 30.3 Å². The number of carboxylic acids is 2. The molecule has 0 saturated carbocycles. The number of carboxylic acid groups (broad SMARTS) is 2. The number of likely N-dealkylation sites (tertiary alicyclic amines) is 1. The molecule has 0 bridgehead atoms. The van der Waals surface area contributed by atoms with E-state index >= 15 is 0 Å².